The highest BCUT2D eigenvalue weighted by Gasteiger charge is 2.40. The standard InChI is InChI=1S/C12H17Cl2FO3SSi/c1-12(2,3)20(4,5)18-11-9(14)6-8(13)7-10(11)19(15,16)17/h6-7H,1-5H3. The summed E-state index contributed by atoms with van der Waals surface area (Å²) in [4.78, 5) is -0.625. The predicted octanol–water partition coefficient (Wildman–Crippen LogP) is 5.04. The molecule has 0 bridgehead atoms. The Morgan fingerprint density at radius 2 is 1.70 bits per heavy atom. The average Bonchev–Trinajstić information content (AvgIpc) is 2.18. The smallest absolute Gasteiger partial charge is 0.335 e. The summed E-state index contributed by atoms with van der Waals surface area (Å²) in [5, 5.41) is -0.166. The molecule has 20 heavy (non-hydrogen) atoms. The van der Waals surface area contributed by atoms with E-state index in [4.69, 9.17) is 27.6 Å². The van der Waals surface area contributed by atoms with Gasteiger partial charge in [-0.15, -0.1) is 3.89 Å². The Bertz CT molecular complexity index is 624. The molecule has 1 aromatic rings. The average molecular weight is 359 g/mol. The lowest BCUT2D eigenvalue weighted by molar-refractivity contribution is 0.476. The van der Waals surface area contributed by atoms with Crippen LogP contribution in [0.3, 0.4) is 0 Å². The van der Waals surface area contributed by atoms with E-state index < -0.39 is 23.4 Å². The van der Waals surface area contributed by atoms with E-state index in [2.05, 4.69) is 0 Å². The summed E-state index contributed by atoms with van der Waals surface area (Å²) in [6.45, 7) is 9.76. The van der Waals surface area contributed by atoms with Gasteiger partial charge in [0.05, 0.1) is 5.02 Å². The molecule has 0 aliphatic heterocycles. The molecule has 0 aromatic heterocycles. The number of rotatable bonds is 3. The molecular formula is C12H17Cl2FO3SSi. The molecule has 0 radical (unpaired) electrons. The summed E-state index contributed by atoms with van der Waals surface area (Å²) in [5.74, 6) is -0.162. The molecule has 3 nitrogen and oxygen atoms in total. The van der Waals surface area contributed by atoms with Gasteiger partial charge in [0.1, 0.15) is 10.6 Å². The molecule has 0 heterocycles. The maximum absolute atomic E-state index is 13.4. The van der Waals surface area contributed by atoms with Gasteiger partial charge in [-0.05, 0) is 30.3 Å². The lowest BCUT2D eigenvalue weighted by Crippen LogP contribution is -2.44. The first-order chi connectivity index (χ1) is 8.75. The van der Waals surface area contributed by atoms with Gasteiger partial charge in [0.15, 0.2) is 0 Å². The van der Waals surface area contributed by atoms with Crippen LogP contribution >= 0.6 is 23.2 Å². The molecule has 1 rings (SSSR count). The molecule has 0 spiro atoms. The molecule has 1 aromatic carbocycles. The Labute approximate surface area is 130 Å². The van der Waals surface area contributed by atoms with Crippen molar-refractivity contribution in [1.29, 1.82) is 0 Å². The fraction of sp³-hybridized carbons (Fsp3) is 0.500. The van der Waals surface area contributed by atoms with Crippen molar-refractivity contribution in [1.82, 2.24) is 0 Å². The van der Waals surface area contributed by atoms with Gasteiger partial charge >= 0.3 is 10.2 Å². The molecule has 0 saturated heterocycles. The topological polar surface area (TPSA) is 43.4 Å². The summed E-state index contributed by atoms with van der Waals surface area (Å²) < 4.78 is 41.7. The Hall–Kier alpha value is -0.303. The van der Waals surface area contributed by atoms with Crippen molar-refractivity contribution in [3.63, 3.8) is 0 Å². The van der Waals surface area contributed by atoms with Crippen LogP contribution in [0.1, 0.15) is 20.8 Å². The van der Waals surface area contributed by atoms with Crippen LogP contribution in [0.2, 0.25) is 28.2 Å². The van der Waals surface area contributed by atoms with Gasteiger partial charge in [0.2, 0.25) is 0 Å². The zero-order valence-electron chi connectivity index (χ0n) is 11.9. The highest BCUT2D eigenvalue weighted by atomic mass is 35.5. The van der Waals surface area contributed by atoms with Gasteiger partial charge in [0, 0.05) is 5.02 Å². The lowest BCUT2D eigenvalue weighted by Gasteiger charge is -2.37. The SMILES string of the molecule is CC(C)(C)[Si](C)(C)Oc1c(Cl)cc(Cl)cc1S(=O)(=O)F. The molecule has 114 valence electrons. The van der Waals surface area contributed by atoms with Gasteiger partial charge < -0.3 is 4.43 Å². The second kappa shape index (κ2) is 5.48. The molecule has 0 atom stereocenters. The van der Waals surface area contributed by atoms with Crippen molar-refractivity contribution in [3.8, 4) is 5.75 Å². The zero-order chi connectivity index (χ0) is 15.9. The fourth-order valence-corrected chi connectivity index (χ4v) is 3.69. The summed E-state index contributed by atoms with van der Waals surface area (Å²) in [7, 11) is -7.33. The Balaban J connectivity index is 3.47. The van der Waals surface area contributed by atoms with Gasteiger partial charge in [-0.3, -0.25) is 0 Å². The van der Waals surface area contributed by atoms with Crippen LogP contribution < -0.4 is 4.43 Å². The van der Waals surface area contributed by atoms with E-state index in [0.29, 0.717) is 0 Å². The van der Waals surface area contributed by atoms with Gasteiger partial charge in [0.25, 0.3) is 8.32 Å². The summed E-state index contributed by atoms with van der Waals surface area (Å²) in [6.07, 6.45) is 0. The predicted molar refractivity (Wildman–Crippen MR) is 82.6 cm³/mol. The monoisotopic (exact) mass is 358 g/mol. The third-order valence-electron chi connectivity index (χ3n) is 3.40. The Kier molecular flexibility index (Phi) is 4.86. The number of hydrogen-bond acceptors (Lipinski definition) is 3. The summed E-state index contributed by atoms with van der Waals surface area (Å²) in [6, 6.07) is 2.34. The van der Waals surface area contributed by atoms with Crippen molar-refractivity contribution in [2.45, 2.75) is 43.8 Å². The van der Waals surface area contributed by atoms with Crippen LogP contribution in [-0.4, -0.2) is 16.7 Å². The third kappa shape index (κ3) is 3.87. The van der Waals surface area contributed by atoms with Crippen LogP contribution in [0.15, 0.2) is 17.0 Å². The van der Waals surface area contributed by atoms with E-state index in [1.165, 1.54) is 6.07 Å². The minimum absolute atomic E-state index is 0.0152. The van der Waals surface area contributed by atoms with Gasteiger partial charge in [-0.25, -0.2) is 0 Å². The molecule has 0 saturated carbocycles. The van der Waals surface area contributed by atoms with Crippen molar-refractivity contribution >= 4 is 41.7 Å². The van der Waals surface area contributed by atoms with Crippen LogP contribution in [0, 0.1) is 0 Å². The van der Waals surface area contributed by atoms with Crippen LogP contribution in [0.5, 0.6) is 5.75 Å². The van der Waals surface area contributed by atoms with Crippen molar-refractivity contribution < 1.29 is 16.7 Å². The molecule has 0 amide bonds. The first-order valence-electron chi connectivity index (χ1n) is 5.88. The first kappa shape index (κ1) is 17.7. The molecular weight excluding hydrogens is 342 g/mol. The zero-order valence-corrected chi connectivity index (χ0v) is 15.2. The van der Waals surface area contributed by atoms with Crippen molar-refractivity contribution in [2.75, 3.05) is 0 Å². The maximum atomic E-state index is 13.4. The number of hydrogen-bond donors (Lipinski definition) is 0. The Morgan fingerprint density at radius 1 is 1.20 bits per heavy atom. The largest absolute Gasteiger partial charge is 0.542 e. The van der Waals surface area contributed by atoms with Gasteiger partial charge in [-0.1, -0.05) is 44.0 Å². The minimum Gasteiger partial charge on any atom is -0.542 e. The normalized spacial score (nSPS) is 13.4. The Morgan fingerprint density at radius 3 is 2.10 bits per heavy atom. The first-order valence-corrected chi connectivity index (χ1v) is 10.9. The second-order valence-corrected chi connectivity index (χ2v) is 12.9. The highest BCUT2D eigenvalue weighted by Crippen LogP contribution is 2.43. The minimum atomic E-state index is -4.97. The molecule has 0 aliphatic rings. The van der Waals surface area contributed by atoms with E-state index in [0.717, 1.165) is 6.07 Å². The van der Waals surface area contributed by atoms with Gasteiger partial charge in [-0.2, -0.15) is 8.42 Å². The van der Waals surface area contributed by atoms with Crippen LogP contribution in [0.4, 0.5) is 3.89 Å². The third-order valence-corrected chi connectivity index (χ3v) is 9.05. The molecule has 0 fully saturated rings. The number of halogens is 3. The van der Waals surface area contributed by atoms with E-state index in [-0.39, 0.29) is 20.8 Å². The van der Waals surface area contributed by atoms with Crippen molar-refractivity contribution in [3.05, 3.63) is 22.2 Å². The fourth-order valence-electron chi connectivity index (χ4n) is 1.23. The van der Waals surface area contributed by atoms with Crippen molar-refractivity contribution in [2.24, 2.45) is 0 Å². The molecule has 0 unspecified atom stereocenters. The van der Waals surface area contributed by atoms with E-state index >= 15 is 0 Å². The summed E-state index contributed by atoms with van der Waals surface area (Å²) in [5.41, 5.74) is 0. The van der Waals surface area contributed by atoms with Crippen LogP contribution in [0.25, 0.3) is 0 Å². The molecule has 0 N–H and O–H groups in total. The summed E-state index contributed by atoms with van der Waals surface area (Å²) >= 11 is 11.7. The molecule has 0 aliphatic carbocycles. The number of benzene rings is 1. The second-order valence-electron chi connectivity index (χ2n) is 6.02. The highest BCUT2D eigenvalue weighted by molar-refractivity contribution is 7.86. The van der Waals surface area contributed by atoms with E-state index in [1.807, 2.05) is 33.9 Å². The van der Waals surface area contributed by atoms with E-state index in [1.54, 1.807) is 0 Å². The maximum Gasteiger partial charge on any atom is 0.335 e. The molecule has 8 heteroatoms. The van der Waals surface area contributed by atoms with Crippen LogP contribution in [-0.2, 0) is 10.2 Å². The lowest BCUT2D eigenvalue weighted by atomic mass is 10.2. The van der Waals surface area contributed by atoms with E-state index in [9.17, 15) is 12.3 Å². The quantitative estimate of drug-likeness (QED) is 0.561.